The predicted octanol–water partition coefficient (Wildman–Crippen LogP) is 4.99. The molecule has 36 heavy (non-hydrogen) atoms. The lowest BCUT2D eigenvalue weighted by Gasteiger charge is -2.10. The molecule has 2 aromatic carbocycles. The molecule has 0 unspecified atom stereocenters. The highest BCUT2D eigenvalue weighted by Crippen LogP contribution is 2.31. The maximum absolute atomic E-state index is 14.2. The first-order chi connectivity index (χ1) is 17.2. The second kappa shape index (κ2) is 10.2. The van der Waals surface area contributed by atoms with E-state index in [0.29, 0.717) is 16.9 Å². The van der Waals surface area contributed by atoms with E-state index in [4.69, 9.17) is 5.73 Å². The number of aromatic nitrogens is 3. The van der Waals surface area contributed by atoms with Gasteiger partial charge in [0, 0.05) is 16.8 Å². The number of anilines is 3. The van der Waals surface area contributed by atoms with Crippen LogP contribution in [-0.4, -0.2) is 27.1 Å². The highest BCUT2D eigenvalue weighted by molar-refractivity contribution is 5.93. The Morgan fingerprint density at radius 1 is 0.972 bits per heavy atom. The lowest BCUT2D eigenvalue weighted by molar-refractivity contribution is -0.137. The molecule has 0 saturated carbocycles. The van der Waals surface area contributed by atoms with Crippen LogP contribution in [0.3, 0.4) is 0 Å². The van der Waals surface area contributed by atoms with E-state index >= 15 is 0 Å². The van der Waals surface area contributed by atoms with Gasteiger partial charge in [0.05, 0.1) is 35.6 Å². The van der Waals surface area contributed by atoms with E-state index < -0.39 is 23.5 Å². The first-order valence-electron chi connectivity index (χ1n) is 10.3. The Morgan fingerprint density at radius 3 is 2.42 bits per heavy atom. The summed E-state index contributed by atoms with van der Waals surface area (Å²) in [6, 6.07) is 14.0. The summed E-state index contributed by atoms with van der Waals surface area (Å²) in [5.74, 6) is -1.25. The number of carbonyl (C=O) groups is 1. The predicted molar refractivity (Wildman–Crippen MR) is 126 cm³/mol. The van der Waals surface area contributed by atoms with Crippen LogP contribution in [0.4, 0.5) is 34.9 Å². The summed E-state index contributed by atoms with van der Waals surface area (Å²) >= 11 is 0. The lowest BCUT2D eigenvalue weighted by atomic mass is 10.1. The number of alkyl halides is 3. The summed E-state index contributed by atoms with van der Waals surface area (Å²) in [6.45, 7) is 0. The Balaban J connectivity index is 1.41. The number of nitrogens with zero attached hydrogens (tertiary/aromatic N) is 4. The summed E-state index contributed by atoms with van der Waals surface area (Å²) in [4.78, 5) is 23.3. The zero-order valence-electron chi connectivity index (χ0n) is 18.3. The van der Waals surface area contributed by atoms with Crippen molar-refractivity contribution in [1.82, 2.24) is 15.0 Å². The van der Waals surface area contributed by atoms with Gasteiger partial charge in [-0.2, -0.15) is 18.3 Å². The second-order valence-corrected chi connectivity index (χ2v) is 7.38. The number of carbonyl (C=O) groups excluding carboxylic acids is 1. The number of benzene rings is 2. The van der Waals surface area contributed by atoms with E-state index in [2.05, 4.69) is 30.8 Å². The minimum absolute atomic E-state index is 0.00173. The quantitative estimate of drug-likeness (QED) is 0.189. The number of nitrogens with two attached hydrogens (primary N) is 1. The fourth-order valence-electron chi connectivity index (χ4n) is 3.07. The van der Waals surface area contributed by atoms with Crippen LogP contribution in [0, 0.1) is 5.82 Å². The molecule has 182 valence electrons. The van der Waals surface area contributed by atoms with Crippen molar-refractivity contribution in [3.63, 3.8) is 0 Å². The molecule has 0 aliphatic heterocycles. The van der Waals surface area contributed by atoms with Crippen LogP contribution in [0.1, 0.15) is 21.6 Å². The molecule has 4 rings (SSSR count). The van der Waals surface area contributed by atoms with Crippen LogP contribution in [0.25, 0.3) is 11.3 Å². The van der Waals surface area contributed by atoms with Crippen LogP contribution < -0.4 is 16.5 Å². The summed E-state index contributed by atoms with van der Waals surface area (Å²) in [5, 5.41) is 6.83. The maximum atomic E-state index is 14.2. The molecule has 4 N–H and O–H groups in total. The number of halogens is 4. The molecule has 0 spiro atoms. The molecule has 2 heterocycles. The number of hydrazone groups is 1. The van der Waals surface area contributed by atoms with Gasteiger partial charge in [-0.15, -0.1) is 0 Å². The van der Waals surface area contributed by atoms with E-state index in [-0.39, 0.29) is 22.9 Å². The van der Waals surface area contributed by atoms with Crippen LogP contribution >= 0.6 is 0 Å². The molecule has 0 radical (unpaired) electrons. The van der Waals surface area contributed by atoms with Crippen molar-refractivity contribution in [3.05, 3.63) is 95.7 Å². The molecule has 2 aromatic heterocycles. The Kier molecular flexibility index (Phi) is 6.86. The average molecular weight is 495 g/mol. The highest BCUT2D eigenvalue weighted by atomic mass is 19.4. The van der Waals surface area contributed by atoms with Gasteiger partial charge in [0.2, 0.25) is 11.9 Å². The van der Waals surface area contributed by atoms with Gasteiger partial charge in [-0.05, 0) is 42.5 Å². The van der Waals surface area contributed by atoms with Gasteiger partial charge in [-0.3, -0.25) is 9.78 Å². The molecule has 0 aliphatic rings. The SMILES string of the molecule is NC(=O)c1ccc(-c2nc(N/N=C/c3ccc(Nc4cccc(C(F)(F)F)c4)cn3)ncc2F)cc1. The number of hydrogen-bond acceptors (Lipinski definition) is 7. The van der Waals surface area contributed by atoms with Gasteiger partial charge in [0.15, 0.2) is 5.82 Å². The number of nitrogens with one attached hydrogen (secondary N) is 2. The monoisotopic (exact) mass is 495 g/mol. The van der Waals surface area contributed by atoms with Crippen molar-refractivity contribution < 1.29 is 22.4 Å². The molecule has 8 nitrogen and oxygen atoms in total. The summed E-state index contributed by atoms with van der Waals surface area (Å²) in [7, 11) is 0. The van der Waals surface area contributed by atoms with Crippen molar-refractivity contribution in [2.75, 3.05) is 10.7 Å². The van der Waals surface area contributed by atoms with E-state index in [9.17, 15) is 22.4 Å². The molecule has 1 amide bonds. The number of hydrogen-bond donors (Lipinski definition) is 3. The average Bonchev–Trinajstić information content (AvgIpc) is 2.86. The zero-order valence-corrected chi connectivity index (χ0v) is 18.3. The maximum Gasteiger partial charge on any atom is 0.416 e. The van der Waals surface area contributed by atoms with Gasteiger partial charge < -0.3 is 11.1 Å². The van der Waals surface area contributed by atoms with Crippen LogP contribution in [0.5, 0.6) is 0 Å². The molecule has 4 aromatic rings. The summed E-state index contributed by atoms with van der Waals surface area (Å²) < 4.78 is 52.8. The first kappa shape index (κ1) is 24.3. The smallest absolute Gasteiger partial charge is 0.366 e. The zero-order chi connectivity index (χ0) is 25.7. The van der Waals surface area contributed by atoms with Crippen molar-refractivity contribution in [2.24, 2.45) is 10.8 Å². The molecule has 0 bridgehead atoms. The third-order valence-electron chi connectivity index (χ3n) is 4.81. The Bertz CT molecular complexity index is 1410. The number of pyridine rings is 1. The topological polar surface area (TPSA) is 118 Å². The highest BCUT2D eigenvalue weighted by Gasteiger charge is 2.30. The van der Waals surface area contributed by atoms with E-state index in [1.807, 2.05) is 0 Å². The number of rotatable bonds is 7. The Morgan fingerprint density at radius 2 is 1.75 bits per heavy atom. The van der Waals surface area contributed by atoms with Crippen molar-refractivity contribution in [3.8, 4) is 11.3 Å². The third-order valence-corrected chi connectivity index (χ3v) is 4.81. The molecular formula is C24H17F4N7O. The summed E-state index contributed by atoms with van der Waals surface area (Å²) in [5.41, 5.74) is 8.90. The van der Waals surface area contributed by atoms with Gasteiger partial charge in [0.25, 0.3) is 0 Å². The van der Waals surface area contributed by atoms with Crippen molar-refractivity contribution in [1.29, 1.82) is 0 Å². The second-order valence-electron chi connectivity index (χ2n) is 7.38. The van der Waals surface area contributed by atoms with Crippen molar-refractivity contribution >= 4 is 29.4 Å². The molecular weight excluding hydrogens is 478 g/mol. The normalized spacial score (nSPS) is 11.4. The number of amides is 1. The molecule has 0 fully saturated rings. The van der Waals surface area contributed by atoms with Crippen LogP contribution in [0.2, 0.25) is 0 Å². The molecule has 0 aliphatic carbocycles. The largest absolute Gasteiger partial charge is 0.416 e. The Hall–Kier alpha value is -4.87. The van der Waals surface area contributed by atoms with Crippen LogP contribution in [0.15, 0.2) is 78.2 Å². The minimum Gasteiger partial charge on any atom is -0.366 e. The van der Waals surface area contributed by atoms with Gasteiger partial charge in [0.1, 0.15) is 5.69 Å². The third kappa shape index (κ3) is 5.97. The first-order valence-corrected chi connectivity index (χ1v) is 10.3. The van der Waals surface area contributed by atoms with Gasteiger partial charge in [-0.1, -0.05) is 18.2 Å². The Labute approximate surface area is 201 Å². The summed E-state index contributed by atoms with van der Waals surface area (Å²) in [6.07, 6.45) is -0.658. The number of primary amides is 1. The molecule has 12 heteroatoms. The van der Waals surface area contributed by atoms with E-state index in [0.717, 1.165) is 18.3 Å². The fraction of sp³-hybridized carbons (Fsp3) is 0.0417. The lowest BCUT2D eigenvalue weighted by Crippen LogP contribution is -2.10. The minimum atomic E-state index is -4.44. The van der Waals surface area contributed by atoms with Gasteiger partial charge >= 0.3 is 6.18 Å². The van der Waals surface area contributed by atoms with E-state index in [1.165, 1.54) is 48.8 Å². The van der Waals surface area contributed by atoms with E-state index in [1.54, 1.807) is 12.1 Å². The molecule has 0 saturated heterocycles. The molecule has 0 atom stereocenters. The van der Waals surface area contributed by atoms with Gasteiger partial charge in [-0.25, -0.2) is 19.8 Å². The standard InChI is InChI=1S/C24H17F4N7O/c25-20-13-31-23(34-21(20)14-4-6-15(7-5-14)22(29)36)35-32-12-18-8-9-19(11-30-18)33-17-3-1-2-16(10-17)24(26,27)28/h1-13,33H,(H2,29,36)(H,31,34,35)/b32-12+. The van der Waals surface area contributed by atoms with Crippen molar-refractivity contribution in [2.45, 2.75) is 6.18 Å². The van der Waals surface area contributed by atoms with Crippen LogP contribution in [-0.2, 0) is 6.18 Å². The fourth-order valence-corrected chi connectivity index (χ4v) is 3.07.